The molecular formula is C18H23N3O4. The number of nitrogens with zero attached hydrogens (tertiary/aromatic N) is 1. The fraction of sp³-hybridized carbons (Fsp3) is 0.389. The average Bonchev–Trinajstić information content (AvgIpc) is 3.10. The number of hydrogen-bond donors (Lipinski definition) is 3. The number of H-pyrrole nitrogens is 1. The second kappa shape index (κ2) is 9.46. The van der Waals surface area contributed by atoms with Crippen LogP contribution in [0.5, 0.6) is 5.75 Å². The molecule has 1 heterocycles. The Morgan fingerprint density at radius 3 is 2.56 bits per heavy atom. The van der Waals surface area contributed by atoms with Gasteiger partial charge in [0.2, 0.25) is 0 Å². The van der Waals surface area contributed by atoms with Crippen LogP contribution in [-0.4, -0.2) is 40.8 Å². The van der Waals surface area contributed by atoms with Gasteiger partial charge >= 0.3 is 5.97 Å². The predicted molar refractivity (Wildman–Crippen MR) is 93.6 cm³/mol. The van der Waals surface area contributed by atoms with Gasteiger partial charge in [0.1, 0.15) is 11.4 Å². The molecule has 2 aromatic rings. The Morgan fingerprint density at radius 1 is 1.16 bits per heavy atom. The van der Waals surface area contributed by atoms with Crippen molar-refractivity contribution in [1.82, 2.24) is 15.5 Å². The highest BCUT2D eigenvalue weighted by atomic mass is 16.5. The minimum Gasteiger partial charge on any atom is -0.497 e. The summed E-state index contributed by atoms with van der Waals surface area (Å²) in [7, 11) is 1.61. The summed E-state index contributed by atoms with van der Waals surface area (Å²) in [5.41, 5.74) is 2.01. The van der Waals surface area contributed by atoms with E-state index in [-0.39, 0.29) is 12.3 Å². The summed E-state index contributed by atoms with van der Waals surface area (Å²) in [6.45, 7) is 0.558. The van der Waals surface area contributed by atoms with Gasteiger partial charge in [0.25, 0.3) is 5.91 Å². The molecule has 0 unspecified atom stereocenters. The predicted octanol–water partition coefficient (Wildman–Crippen LogP) is 2.85. The number of benzene rings is 1. The molecule has 0 aliphatic heterocycles. The second-order valence-electron chi connectivity index (χ2n) is 5.71. The third-order valence-electron chi connectivity index (χ3n) is 3.81. The molecule has 0 aliphatic carbocycles. The zero-order valence-electron chi connectivity index (χ0n) is 14.2. The lowest BCUT2D eigenvalue weighted by molar-refractivity contribution is -0.137. The fourth-order valence-electron chi connectivity index (χ4n) is 2.40. The summed E-state index contributed by atoms with van der Waals surface area (Å²) in [5.74, 6) is -0.196. The zero-order valence-corrected chi connectivity index (χ0v) is 14.2. The third-order valence-corrected chi connectivity index (χ3v) is 3.81. The maximum Gasteiger partial charge on any atom is 0.303 e. The molecule has 0 fully saturated rings. The first kappa shape index (κ1) is 18.5. The number of carboxylic acids is 1. The van der Waals surface area contributed by atoms with Crippen LogP contribution in [0.2, 0.25) is 0 Å². The van der Waals surface area contributed by atoms with Gasteiger partial charge < -0.3 is 15.2 Å². The Kier molecular flexibility index (Phi) is 7.00. The van der Waals surface area contributed by atoms with Crippen molar-refractivity contribution in [3.05, 3.63) is 36.0 Å². The lowest BCUT2D eigenvalue weighted by atomic mass is 10.1. The highest BCUT2D eigenvalue weighted by Crippen LogP contribution is 2.21. The molecule has 2 rings (SSSR count). The Balaban J connectivity index is 1.75. The summed E-state index contributed by atoms with van der Waals surface area (Å²) >= 11 is 0. The van der Waals surface area contributed by atoms with Crippen LogP contribution in [0.4, 0.5) is 0 Å². The number of unbranched alkanes of at least 4 members (excludes halogenated alkanes) is 3. The van der Waals surface area contributed by atoms with E-state index in [1.807, 2.05) is 24.3 Å². The van der Waals surface area contributed by atoms with Crippen molar-refractivity contribution in [2.45, 2.75) is 32.1 Å². The van der Waals surface area contributed by atoms with Crippen molar-refractivity contribution in [2.24, 2.45) is 0 Å². The molecular weight excluding hydrogens is 322 g/mol. The number of aromatic amines is 1. The first-order valence-corrected chi connectivity index (χ1v) is 8.30. The number of carbonyl (C=O) groups is 2. The number of nitrogens with one attached hydrogen (secondary N) is 2. The van der Waals surface area contributed by atoms with Gasteiger partial charge in [-0.05, 0) is 43.2 Å². The molecule has 0 bridgehead atoms. The molecule has 7 nitrogen and oxygen atoms in total. The molecule has 0 atom stereocenters. The Bertz CT molecular complexity index is 695. The van der Waals surface area contributed by atoms with E-state index in [1.54, 1.807) is 13.2 Å². The van der Waals surface area contributed by atoms with Crippen molar-refractivity contribution in [3.8, 4) is 17.0 Å². The van der Waals surface area contributed by atoms with E-state index in [0.717, 1.165) is 30.6 Å². The van der Waals surface area contributed by atoms with E-state index in [9.17, 15) is 9.59 Å². The summed E-state index contributed by atoms with van der Waals surface area (Å²) in [4.78, 5) is 22.5. The van der Waals surface area contributed by atoms with E-state index in [4.69, 9.17) is 9.84 Å². The molecule has 0 saturated carbocycles. The summed E-state index contributed by atoms with van der Waals surface area (Å²) in [6.07, 6.45) is 3.45. The van der Waals surface area contributed by atoms with Crippen molar-refractivity contribution in [3.63, 3.8) is 0 Å². The molecule has 0 saturated heterocycles. The number of aromatic nitrogens is 2. The molecule has 0 aliphatic rings. The average molecular weight is 345 g/mol. The quantitative estimate of drug-likeness (QED) is 0.574. The molecule has 1 amide bonds. The van der Waals surface area contributed by atoms with Crippen LogP contribution in [0.1, 0.15) is 42.6 Å². The minimum absolute atomic E-state index is 0.196. The largest absolute Gasteiger partial charge is 0.497 e. The van der Waals surface area contributed by atoms with Crippen molar-refractivity contribution < 1.29 is 19.4 Å². The molecule has 1 aromatic carbocycles. The lowest BCUT2D eigenvalue weighted by Gasteiger charge is -2.03. The van der Waals surface area contributed by atoms with E-state index in [1.165, 1.54) is 0 Å². The van der Waals surface area contributed by atoms with Gasteiger partial charge in [-0.25, -0.2) is 0 Å². The van der Waals surface area contributed by atoms with Crippen LogP contribution in [0, 0.1) is 0 Å². The number of methoxy groups -OCH3 is 1. The van der Waals surface area contributed by atoms with Gasteiger partial charge in [0, 0.05) is 18.5 Å². The summed E-state index contributed by atoms with van der Waals surface area (Å²) < 4.78 is 5.12. The first-order valence-electron chi connectivity index (χ1n) is 8.30. The number of aliphatic carboxylic acids is 1. The van der Waals surface area contributed by atoms with Gasteiger partial charge in [0.05, 0.1) is 12.8 Å². The lowest BCUT2D eigenvalue weighted by Crippen LogP contribution is -2.24. The van der Waals surface area contributed by atoms with E-state index >= 15 is 0 Å². The molecule has 0 spiro atoms. The number of amides is 1. The van der Waals surface area contributed by atoms with E-state index < -0.39 is 5.97 Å². The van der Waals surface area contributed by atoms with Crippen LogP contribution in [-0.2, 0) is 4.79 Å². The molecule has 1 aromatic heterocycles. The third kappa shape index (κ3) is 5.95. The van der Waals surface area contributed by atoms with Crippen LogP contribution < -0.4 is 10.1 Å². The molecule has 0 radical (unpaired) electrons. The topological polar surface area (TPSA) is 104 Å². The van der Waals surface area contributed by atoms with Gasteiger partial charge in [-0.15, -0.1) is 0 Å². The fourth-order valence-corrected chi connectivity index (χ4v) is 2.40. The van der Waals surface area contributed by atoms with Crippen LogP contribution in [0.3, 0.4) is 0 Å². The summed E-state index contributed by atoms with van der Waals surface area (Å²) in [6, 6.07) is 9.16. The number of hydrogen-bond acceptors (Lipinski definition) is 4. The second-order valence-corrected chi connectivity index (χ2v) is 5.71. The Labute approximate surface area is 146 Å². The van der Waals surface area contributed by atoms with E-state index in [2.05, 4.69) is 15.5 Å². The maximum absolute atomic E-state index is 12.1. The number of ether oxygens (including phenoxy) is 1. The van der Waals surface area contributed by atoms with Crippen LogP contribution >= 0.6 is 0 Å². The van der Waals surface area contributed by atoms with Crippen LogP contribution in [0.25, 0.3) is 11.3 Å². The highest BCUT2D eigenvalue weighted by molar-refractivity contribution is 5.93. The van der Waals surface area contributed by atoms with Crippen LogP contribution in [0.15, 0.2) is 30.3 Å². The monoisotopic (exact) mass is 345 g/mol. The molecule has 134 valence electrons. The first-order chi connectivity index (χ1) is 12.1. The number of rotatable bonds is 10. The van der Waals surface area contributed by atoms with Crippen molar-refractivity contribution in [2.75, 3.05) is 13.7 Å². The van der Waals surface area contributed by atoms with Gasteiger partial charge in [0.15, 0.2) is 0 Å². The maximum atomic E-state index is 12.1. The Hall–Kier alpha value is -2.83. The smallest absolute Gasteiger partial charge is 0.303 e. The summed E-state index contributed by atoms with van der Waals surface area (Å²) in [5, 5.41) is 18.3. The van der Waals surface area contributed by atoms with Gasteiger partial charge in [-0.3, -0.25) is 14.7 Å². The molecule has 25 heavy (non-hydrogen) atoms. The van der Waals surface area contributed by atoms with Crippen molar-refractivity contribution in [1.29, 1.82) is 0 Å². The zero-order chi connectivity index (χ0) is 18.1. The number of carboxylic acid groups (broad SMARTS) is 1. The minimum atomic E-state index is -0.764. The van der Waals surface area contributed by atoms with Gasteiger partial charge in [-0.2, -0.15) is 5.10 Å². The standard InChI is InChI=1S/C18H23N3O4/c1-25-14-9-7-13(8-10-14)15-12-16(21-20-15)18(24)19-11-5-3-2-4-6-17(22)23/h7-10,12H,2-6,11H2,1H3,(H,19,24)(H,20,21)(H,22,23). The number of carbonyl (C=O) groups excluding carboxylic acids is 1. The van der Waals surface area contributed by atoms with Gasteiger partial charge in [-0.1, -0.05) is 12.8 Å². The molecule has 7 heteroatoms. The normalized spacial score (nSPS) is 10.4. The highest BCUT2D eigenvalue weighted by Gasteiger charge is 2.10. The van der Waals surface area contributed by atoms with Crippen molar-refractivity contribution >= 4 is 11.9 Å². The SMILES string of the molecule is COc1ccc(-c2cc(C(=O)NCCCCCCC(=O)O)[nH]n2)cc1. The molecule has 3 N–H and O–H groups in total. The Morgan fingerprint density at radius 2 is 1.88 bits per heavy atom. The van der Waals surface area contributed by atoms with E-state index in [0.29, 0.717) is 24.4 Å².